The van der Waals surface area contributed by atoms with Crippen LogP contribution in [0.15, 0.2) is 42.5 Å². The first-order valence-electron chi connectivity index (χ1n) is 12.0. The summed E-state index contributed by atoms with van der Waals surface area (Å²) in [7, 11) is 0. The van der Waals surface area contributed by atoms with Crippen LogP contribution in [0.4, 0.5) is 4.39 Å². The Morgan fingerprint density at radius 2 is 1.53 bits per heavy atom. The Labute approximate surface area is 182 Å². The zero-order chi connectivity index (χ0) is 21.2. The fraction of sp³-hybridized carbons (Fsp3) is 0.536. The number of halogens is 1. The number of benzene rings is 2. The van der Waals surface area contributed by atoms with Gasteiger partial charge in [0.15, 0.2) is 0 Å². The molecule has 0 unspecified atom stereocenters. The molecule has 0 aliphatic heterocycles. The van der Waals surface area contributed by atoms with Crippen LogP contribution in [0.2, 0.25) is 0 Å². The Hall–Kier alpha value is -2.14. The lowest BCUT2D eigenvalue weighted by molar-refractivity contribution is 0.248. The summed E-state index contributed by atoms with van der Waals surface area (Å²) < 4.78 is 14.7. The van der Waals surface area contributed by atoms with Crippen LogP contribution in [-0.2, 0) is 6.42 Å². The van der Waals surface area contributed by atoms with Crippen molar-refractivity contribution in [2.75, 3.05) is 0 Å². The van der Waals surface area contributed by atoms with Gasteiger partial charge in [-0.1, -0.05) is 95.4 Å². The van der Waals surface area contributed by atoms with Gasteiger partial charge >= 0.3 is 0 Å². The lowest BCUT2D eigenvalue weighted by atomic mass is 9.77. The van der Waals surface area contributed by atoms with E-state index in [9.17, 15) is 4.39 Å². The Morgan fingerprint density at radius 3 is 2.17 bits per heavy atom. The zero-order valence-corrected chi connectivity index (χ0v) is 18.5. The van der Waals surface area contributed by atoms with E-state index in [0.29, 0.717) is 11.1 Å². The van der Waals surface area contributed by atoms with E-state index in [4.69, 9.17) is 5.26 Å². The molecule has 0 heterocycles. The summed E-state index contributed by atoms with van der Waals surface area (Å²) in [5.74, 6) is 1.60. The van der Waals surface area contributed by atoms with Crippen molar-refractivity contribution < 1.29 is 4.39 Å². The van der Waals surface area contributed by atoms with Gasteiger partial charge in [-0.15, -0.1) is 0 Å². The van der Waals surface area contributed by atoms with Crippen molar-refractivity contribution in [2.45, 2.75) is 84.0 Å². The number of aryl methyl sites for hydroxylation is 1. The third kappa shape index (κ3) is 6.69. The van der Waals surface area contributed by atoms with Crippen LogP contribution >= 0.6 is 0 Å². The van der Waals surface area contributed by atoms with E-state index in [0.717, 1.165) is 29.4 Å². The molecule has 0 saturated heterocycles. The fourth-order valence-corrected chi connectivity index (χ4v) is 4.89. The summed E-state index contributed by atoms with van der Waals surface area (Å²) in [6.07, 6.45) is 16.0. The van der Waals surface area contributed by atoms with E-state index in [1.165, 1.54) is 70.6 Å². The maximum atomic E-state index is 14.7. The van der Waals surface area contributed by atoms with E-state index >= 15 is 0 Å². The molecule has 0 bridgehead atoms. The molecule has 0 atom stereocenters. The highest BCUT2D eigenvalue weighted by Gasteiger charge is 2.20. The Balaban J connectivity index is 1.42. The number of unbranched alkanes of at least 4 members (excludes halogenated alkanes) is 4. The van der Waals surface area contributed by atoms with Crippen molar-refractivity contribution in [2.24, 2.45) is 11.8 Å². The third-order valence-electron chi connectivity index (χ3n) is 6.88. The summed E-state index contributed by atoms with van der Waals surface area (Å²) in [4.78, 5) is 0. The van der Waals surface area contributed by atoms with Gasteiger partial charge < -0.3 is 0 Å². The van der Waals surface area contributed by atoms with E-state index in [1.54, 1.807) is 18.2 Å². The third-order valence-corrected chi connectivity index (χ3v) is 6.88. The molecular formula is C28H36FN. The van der Waals surface area contributed by atoms with Crippen molar-refractivity contribution in [3.05, 3.63) is 59.4 Å². The first-order chi connectivity index (χ1) is 14.7. The molecule has 160 valence electrons. The number of nitriles is 1. The smallest absolute Gasteiger partial charge is 0.131 e. The standard InChI is InChI=1S/C28H36FN/c1-2-3-4-5-6-7-22-8-10-23(11-9-22)12-13-24-16-19-27(28(29)20-24)26-17-14-25(21-30)15-18-26/h14-20,22-23H,2-13H2,1H3/t22-,23-. The van der Waals surface area contributed by atoms with E-state index < -0.39 is 0 Å². The summed E-state index contributed by atoms with van der Waals surface area (Å²) >= 11 is 0. The molecule has 0 spiro atoms. The second-order valence-electron chi connectivity index (χ2n) is 9.13. The average molecular weight is 406 g/mol. The van der Waals surface area contributed by atoms with Gasteiger partial charge in [0.1, 0.15) is 5.82 Å². The summed E-state index contributed by atoms with van der Waals surface area (Å²) in [6, 6.07) is 14.9. The van der Waals surface area contributed by atoms with Crippen molar-refractivity contribution in [1.82, 2.24) is 0 Å². The minimum absolute atomic E-state index is 0.163. The Bertz CT molecular complexity index is 810. The first-order valence-corrected chi connectivity index (χ1v) is 12.0. The SMILES string of the molecule is CCCCCCC[C@H]1CC[C@H](CCc2ccc(-c3ccc(C#N)cc3)c(F)c2)CC1. The summed E-state index contributed by atoms with van der Waals surface area (Å²) in [5.41, 5.74) is 3.14. The van der Waals surface area contributed by atoms with Crippen LogP contribution in [0.25, 0.3) is 11.1 Å². The topological polar surface area (TPSA) is 23.8 Å². The molecule has 2 heteroatoms. The zero-order valence-electron chi connectivity index (χ0n) is 18.5. The second-order valence-corrected chi connectivity index (χ2v) is 9.13. The molecule has 1 nitrogen and oxygen atoms in total. The highest BCUT2D eigenvalue weighted by atomic mass is 19.1. The van der Waals surface area contributed by atoms with Crippen molar-refractivity contribution in [3.8, 4) is 17.2 Å². The minimum atomic E-state index is -0.163. The monoisotopic (exact) mass is 405 g/mol. The molecule has 0 N–H and O–H groups in total. The molecule has 2 aromatic carbocycles. The molecule has 1 fully saturated rings. The van der Waals surface area contributed by atoms with Gasteiger partial charge in [0.05, 0.1) is 11.6 Å². The highest BCUT2D eigenvalue weighted by Crippen LogP contribution is 2.34. The van der Waals surface area contributed by atoms with Crippen molar-refractivity contribution in [3.63, 3.8) is 0 Å². The van der Waals surface area contributed by atoms with Gasteiger partial charge in [0, 0.05) is 5.56 Å². The van der Waals surface area contributed by atoms with Crippen LogP contribution in [0, 0.1) is 29.0 Å². The fourth-order valence-electron chi connectivity index (χ4n) is 4.89. The van der Waals surface area contributed by atoms with Gasteiger partial charge in [-0.3, -0.25) is 0 Å². The lowest BCUT2D eigenvalue weighted by Crippen LogP contribution is -2.15. The normalized spacial score (nSPS) is 18.8. The van der Waals surface area contributed by atoms with Gasteiger partial charge in [0.2, 0.25) is 0 Å². The average Bonchev–Trinajstić information content (AvgIpc) is 2.78. The quantitative estimate of drug-likeness (QED) is 0.364. The number of hydrogen-bond acceptors (Lipinski definition) is 1. The maximum Gasteiger partial charge on any atom is 0.131 e. The predicted octanol–water partition coefficient (Wildman–Crippen LogP) is 8.46. The van der Waals surface area contributed by atoms with Crippen LogP contribution in [0.5, 0.6) is 0 Å². The van der Waals surface area contributed by atoms with Crippen LogP contribution in [0.3, 0.4) is 0 Å². The first kappa shape index (κ1) is 22.5. The van der Waals surface area contributed by atoms with Crippen molar-refractivity contribution in [1.29, 1.82) is 5.26 Å². The molecule has 3 rings (SSSR count). The minimum Gasteiger partial charge on any atom is -0.206 e. The number of hydrogen-bond donors (Lipinski definition) is 0. The van der Waals surface area contributed by atoms with Crippen molar-refractivity contribution >= 4 is 0 Å². The van der Waals surface area contributed by atoms with Gasteiger partial charge in [-0.05, 0) is 54.0 Å². The molecule has 1 aliphatic carbocycles. The lowest BCUT2D eigenvalue weighted by Gasteiger charge is -2.28. The molecule has 0 aromatic heterocycles. The largest absolute Gasteiger partial charge is 0.206 e. The Morgan fingerprint density at radius 1 is 0.867 bits per heavy atom. The predicted molar refractivity (Wildman–Crippen MR) is 124 cm³/mol. The number of nitrogens with zero attached hydrogens (tertiary/aromatic N) is 1. The van der Waals surface area contributed by atoms with Gasteiger partial charge in [0.25, 0.3) is 0 Å². The molecule has 0 amide bonds. The molecular weight excluding hydrogens is 369 g/mol. The maximum absolute atomic E-state index is 14.7. The number of rotatable bonds is 10. The van der Waals surface area contributed by atoms with Crippen LogP contribution < -0.4 is 0 Å². The molecule has 30 heavy (non-hydrogen) atoms. The highest BCUT2D eigenvalue weighted by molar-refractivity contribution is 5.65. The summed E-state index contributed by atoms with van der Waals surface area (Å²) in [5, 5.41) is 8.91. The molecule has 1 aliphatic rings. The van der Waals surface area contributed by atoms with E-state index in [-0.39, 0.29) is 5.82 Å². The van der Waals surface area contributed by atoms with Gasteiger partial charge in [-0.2, -0.15) is 5.26 Å². The van der Waals surface area contributed by atoms with E-state index in [2.05, 4.69) is 19.1 Å². The molecule has 0 radical (unpaired) electrons. The van der Waals surface area contributed by atoms with E-state index in [1.807, 2.05) is 18.2 Å². The molecule has 1 saturated carbocycles. The Kier molecular flexibility index (Phi) is 8.94. The molecule has 2 aromatic rings. The van der Waals surface area contributed by atoms with Crippen LogP contribution in [-0.4, -0.2) is 0 Å². The van der Waals surface area contributed by atoms with Crippen LogP contribution in [0.1, 0.15) is 88.7 Å². The second kappa shape index (κ2) is 11.9. The van der Waals surface area contributed by atoms with Gasteiger partial charge in [-0.25, -0.2) is 4.39 Å². The summed E-state index contributed by atoms with van der Waals surface area (Å²) in [6.45, 7) is 2.28.